The fourth-order valence-corrected chi connectivity index (χ4v) is 2.12. The third-order valence-corrected chi connectivity index (χ3v) is 3.51. The highest BCUT2D eigenvalue weighted by Crippen LogP contribution is 2.33. The minimum Gasteiger partial charge on any atom is -0.508 e. The monoisotopic (exact) mass is 286 g/mol. The Morgan fingerprint density at radius 3 is 2.19 bits per heavy atom. The highest BCUT2D eigenvalue weighted by Gasteiger charge is 2.10. The Bertz CT molecular complexity index is 576. The molecule has 1 unspecified atom stereocenters. The summed E-state index contributed by atoms with van der Waals surface area (Å²) in [5.41, 5.74) is 0.918. The van der Waals surface area contributed by atoms with Gasteiger partial charge in [-0.15, -0.1) is 0 Å². The van der Waals surface area contributed by atoms with E-state index < -0.39 is 0 Å². The van der Waals surface area contributed by atoms with Crippen LogP contribution in [0.25, 0.3) is 0 Å². The van der Waals surface area contributed by atoms with Crippen molar-refractivity contribution >= 4 is 0 Å². The Morgan fingerprint density at radius 2 is 1.57 bits per heavy atom. The van der Waals surface area contributed by atoms with Crippen LogP contribution in [0.4, 0.5) is 0 Å². The quantitative estimate of drug-likeness (QED) is 0.803. The molecule has 0 saturated heterocycles. The van der Waals surface area contributed by atoms with Gasteiger partial charge in [-0.1, -0.05) is 13.8 Å². The zero-order valence-corrected chi connectivity index (χ0v) is 12.8. The molecule has 1 N–H and O–H groups in total. The van der Waals surface area contributed by atoms with Gasteiger partial charge in [-0.2, -0.15) is 0 Å². The molecule has 0 aromatic heterocycles. The van der Waals surface area contributed by atoms with Crippen molar-refractivity contribution in [3.63, 3.8) is 0 Å². The lowest BCUT2D eigenvalue weighted by molar-refractivity contribution is 0.339. The molecule has 0 amide bonds. The molecule has 112 valence electrons. The maximum absolute atomic E-state index is 9.93. The van der Waals surface area contributed by atoms with Crippen LogP contribution in [0.3, 0.4) is 0 Å². The van der Waals surface area contributed by atoms with E-state index in [4.69, 9.17) is 9.47 Å². The topological polar surface area (TPSA) is 38.7 Å². The summed E-state index contributed by atoms with van der Waals surface area (Å²) in [7, 11) is 0. The predicted molar refractivity (Wildman–Crippen MR) is 84.5 cm³/mol. The van der Waals surface area contributed by atoms with E-state index in [0.717, 1.165) is 29.2 Å². The van der Waals surface area contributed by atoms with E-state index in [1.165, 1.54) is 0 Å². The Labute approximate surface area is 126 Å². The van der Waals surface area contributed by atoms with Gasteiger partial charge in [0, 0.05) is 5.56 Å². The highest BCUT2D eigenvalue weighted by atomic mass is 16.5. The summed E-state index contributed by atoms with van der Waals surface area (Å²) in [6.07, 6.45) is 0.972. The minimum absolute atomic E-state index is 0.300. The number of aromatic hydroxyl groups is 1. The zero-order valence-electron chi connectivity index (χ0n) is 12.8. The van der Waals surface area contributed by atoms with E-state index >= 15 is 0 Å². The summed E-state index contributed by atoms with van der Waals surface area (Å²) < 4.78 is 11.2. The molecule has 0 radical (unpaired) electrons. The number of benzene rings is 2. The highest BCUT2D eigenvalue weighted by molar-refractivity contribution is 5.43. The van der Waals surface area contributed by atoms with Crippen LogP contribution >= 0.6 is 0 Å². The largest absolute Gasteiger partial charge is 0.508 e. The lowest BCUT2D eigenvalue weighted by atomic mass is 9.97. The molecule has 0 aliphatic carbocycles. The lowest BCUT2D eigenvalue weighted by Crippen LogP contribution is -1.94. The van der Waals surface area contributed by atoms with Gasteiger partial charge in [0.2, 0.25) is 0 Å². The number of hydrogen-bond donors (Lipinski definition) is 1. The van der Waals surface area contributed by atoms with Crippen molar-refractivity contribution in [2.45, 2.75) is 33.1 Å². The van der Waals surface area contributed by atoms with E-state index in [1.807, 2.05) is 37.3 Å². The van der Waals surface area contributed by atoms with Gasteiger partial charge in [-0.3, -0.25) is 0 Å². The van der Waals surface area contributed by atoms with Crippen molar-refractivity contribution in [1.29, 1.82) is 0 Å². The van der Waals surface area contributed by atoms with Crippen LogP contribution in [0, 0.1) is 0 Å². The molecule has 3 nitrogen and oxygen atoms in total. The molecule has 0 fully saturated rings. The molecule has 3 heteroatoms. The Balaban J connectivity index is 2.15. The third kappa shape index (κ3) is 3.91. The fraction of sp³-hybridized carbons (Fsp3) is 0.333. The second-order valence-corrected chi connectivity index (χ2v) is 5.04. The van der Waals surface area contributed by atoms with Gasteiger partial charge < -0.3 is 14.6 Å². The Kier molecular flexibility index (Phi) is 5.09. The van der Waals surface area contributed by atoms with Crippen LogP contribution in [0.15, 0.2) is 42.5 Å². The van der Waals surface area contributed by atoms with E-state index in [2.05, 4.69) is 13.8 Å². The van der Waals surface area contributed by atoms with Gasteiger partial charge in [-0.05, 0) is 61.7 Å². The van der Waals surface area contributed by atoms with Gasteiger partial charge in [0.15, 0.2) is 0 Å². The molecule has 2 rings (SSSR count). The molecular formula is C18H22O3. The summed E-state index contributed by atoms with van der Waals surface area (Å²) in [6.45, 7) is 6.80. The van der Waals surface area contributed by atoms with Gasteiger partial charge >= 0.3 is 0 Å². The van der Waals surface area contributed by atoms with Crippen molar-refractivity contribution in [2.24, 2.45) is 0 Å². The van der Waals surface area contributed by atoms with Crippen molar-refractivity contribution in [3.8, 4) is 23.0 Å². The molecule has 0 bridgehead atoms. The molecule has 0 heterocycles. The van der Waals surface area contributed by atoms with Crippen LogP contribution in [0.2, 0.25) is 0 Å². The molecule has 0 aliphatic heterocycles. The average molecular weight is 286 g/mol. The first kappa shape index (κ1) is 15.2. The molecule has 2 aromatic carbocycles. The first-order valence-corrected chi connectivity index (χ1v) is 7.37. The zero-order chi connectivity index (χ0) is 15.2. The molecule has 1 atom stereocenters. The number of phenolic OH excluding ortho intramolecular Hbond substituents is 1. The SMILES string of the molecule is CCOc1ccc(Oc2ccc(O)c(C(C)CC)c2)cc1. The van der Waals surface area contributed by atoms with E-state index in [1.54, 1.807) is 12.1 Å². The lowest BCUT2D eigenvalue weighted by Gasteiger charge is -2.14. The Hall–Kier alpha value is -2.16. The van der Waals surface area contributed by atoms with Crippen molar-refractivity contribution < 1.29 is 14.6 Å². The molecule has 0 saturated carbocycles. The number of hydrogen-bond acceptors (Lipinski definition) is 3. The van der Waals surface area contributed by atoms with Gasteiger partial charge in [0.25, 0.3) is 0 Å². The minimum atomic E-state index is 0.300. The van der Waals surface area contributed by atoms with E-state index in [-0.39, 0.29) is 0 Å². The maximum atomic E-state index is 9.93. The smallest absolute Gasteiger partial charge is 0.127 e. The van der Waals surface area contributed by atoms with Crippen LogP contribution in [-0.4, -0.2) is 11.7 Å². The summed E-state index contributed by atoms with van der Waals surface area (Å²) >= 11 is 0. The van der Waals surface area contributed by atoms with E-state index in [0.29, 0.717) is 18.3 Å². The summed E-state index contributed by atoms with van der Waals surface area (Å²) in [5, 5.41) is 9.93. The molecular weight excluding hydrogens is 264 g/mol. The summed E-state index contributed by atoms with van der Waals surface area (Å²) in [4.78, 5) is 0. The first-order valence-electron chi connectivity index (χ1n) is 7.37. The van der Waals surface area contributed by atoms with Gasteiger partial charge in [0.1, 0.15) is 23.0 Å². The average Bonchev–Trinajstić information content (AvgIpc) is 2.50. The number of rotatable bonds is 6. The van der Waals surface area contributed by atoms with Gasteiger partial charge in [0.05, 0.1) is 6.61 Å². The van der Waals surface area contributed by atoms with Crippen LogP contribution in [0.1, 0.15) is 38.7 Å². The molecule has 2 aromatic rings. The standard InChI is InChI=1S/C18H22O3/c1-4-13(3)17-12-16(10-11-18(17)19)21-15-8-6-14(7-9-15)20-5-2/h6-13,19H,4-5H2,1-3H3. The fourth-order valence-electron chi connectivity index (χ4n) is 2.12. The first-order chi connectivity index (χ1) is 10.1. The molecule has 21 heavy (non-hydrogen) atoms. The summed E-state index contributed by atoms with van der Waals surface area (Å²) in [6, 6.07) is 12.9. The van der Waals surface area contributed by atoms with Crippen LogP contribution < -0.4 is 9.47 Å². The maximum Gasteiger partial charge on any atom is 0.127 e. The van der Waals surface area contributed by atoms with E-state index in [9.17, 15) is 5.11 Å². The van der Waals surface area contributed by atoms with Crippen molar-refractivity contribution in [2.75, 3.05) is 6.61 Å². The predicted octanol–water partition coefficient (Wildman–Crippen LogP) is 5.10. The van der Waals surface area contributed by atoms with Crippen LogP contribution in [0.5, 0.6) is 23.0 Å². The second kappa shape index (κ2) is 7.02. The van der Waals surface area contributed by atoms with Crippen molar-refractivity contribution in [3.05, 3.63) is 48.0 Å². The molecule has 0 spiro atoms. The van der Waals surface area contributed by atoms with Crippen LogP contribution in [-0.2, 0) is 0 Å². The number of phenols is 1. The normalized spacial score (nSPS) is 12.0. The molecule has 0 aliphatic rings. The summed E-state index contributed by atoms with van der Waals surface area (Å²) in [5.74, 6) is 2.93. The van der Waals surface area contributed by atoms with Crippen molar-refractivity contribution in [1.82, 2.24) is 0 Å². The number of ether oxygens (including phenoxy) is 2. The third-order valence-electron chi connectivity index (χ3n) is 3.51. The Morgan fingerprint density at radius 1 is 0.952 bits per heavy atom. The van der Waals surface area contributed by atoms with Gasteiger partial charge in [-0.25, -0.2) is 0 Å². The second-order valence-electron chi connectivity index (χ2n) is 5.04.